The third-order valence-electron chi connectivity index (χ3n) is 7.77. The first-order valence-electron chi connectivity index (χ1n) is 13.6. The van der Waals surface area contributed by atoms with E-state index in [1.165, 1.54) is 11.8 Å². The Hall–Kier alpha value is -4.33. The molecule has 0 aromatic heterocycles. The number of carbonyl (C=O) groups excluding carboxylic acids is 2. The largest absolute Gasteiger partial charge is 0.456 e. The van der Waals surface area contributed by atoms with E-state index in [9.17, 15) is 9.59 Å². The number of anilines is 2. The molecule has 8 heteroatoms. The lowest BCUT2D eigenvalue weighted by molar-refractivity contribution is -0.115. The van der Waals surface area contributed by atoms with Crippen molar-refractivity contribution in [2.45, 2.75) is 40.2 Å². The van der Waals surface area contributed by atoms with E-state index in [1.807, 2.05) is 54.6 Å². The first kappa shape index (κ1) is 26.3. The molecule has 0 fully saturated rings. The van der Waals surface area contributed by atoms with Crippen LogP contribution in [0.15, 0.2) is 65.7 Å². The Morgan fingerprint density at radius 3 is 1.85 bits per heavy atom. The number of benzene rings is 3. The predicted octanol–water partition coefficient (Wildman–Crippen LogP) is 5.09. The summed E-state index contributed by atoms with van der Waals surface area (Å²) < 4.78 is 6.64. The van der Waals surface area contributed by atoms with Crippen LogP contribution in [0.5, 0.6) is 11.5 Å². The van der Waals surface area contributed by atoms with Crippen LogP contribution in [0, 0.1) is 0 Å². The highest BCUT2D eigenvalue weighted by Gasteiger charge is 2.58. The van der Waals surface area contributed by atoms with E-state index in [1.54, 1.807) is 6.07 Å². The van der Waals surface area contributed by atoms with Crippen molar-refractivity contribution in [2.75, 3.05) is 36.0 Å². The molecule has 3 aromatic carbocycles. The van der Waals surface area contributed by atoms with E-state index >= 15 is 0 Å². The molecule has 2 aliphatic heterocycles. The highest BCUT2D eigenvalue weighted by Crippen LogP contribution is 2.58. The second-order valence-electron chi connectivity index (χ2n) is 9.69. The molecule has 2 heterocycles. The minimum atomic E-state index is -1.16. The fraction of sp³-hybridized carbons (Fsp3) is 0.323. The molecule has 0 aliphatic carbocycles. The minimum absolute atomic E-state index is 0.150. The summed E-state index contributed by atoms with van der Waals surface area (Å²) in [6.45, 7) is 13.2. The fourth-order valence-corrected chi connectivity index (χ4v) is 6.02. The monoisotopic (exact) mass is 525 g/mol. The highest BCUT2D eigenvalue weighted by atomic mass is 16.5. The number of rotatable bonds is 6. The maximum atomic E-state index is 14.0. The van der Waals surface area contributed by atoms with Gasteiger partial charge in [-0.1, -0.05) is 30.3 Å². The molecule has 202 valence electrons. The molecule has 0 saturated heterocycles. The van der Waals surface area contributed by atoms with Gasteiger partial charge in [0.15, 0.2) is 0 Å². The first-order valence-corrected chi connectivity index (χ1v) is 13.6. The Labute approximate surface area is 229 Å². The third kappa shape index (κ3) is 3.93. The summed E-state index contributed by atoms with van der Waals surface area (Å²) in [7, 11) is 0. The number of amides is 2. The summed E-state index contributed by atoms with van der Waals surface area (Å²) in [5.41, 5.74) is 10.2. The second-order valence-corrected chi connectivity index (χ2v) is 9.69. The number of nitrogens with two attached hydrogens (primary N) is 1. The molecule has 1 spiro atoms. The van der Waals surface area contributed by atoms with E-state index in [0.29, 0.717) is 17.1 Å². The summed E-state index contributed by atoms with van der Waals surface area (Å²) in [5, 5.41) is 0. The van der Waals surface area contributed by atoms with Gasteiger partial charge >= 0.3 is 0 Å². The molecule has 0 unspecified atom stereocenters. The van der Waals surface area contributed by atoms with Crippen LogP contribution < -0.4 is 20.3 Å². The topological polar surface area (TPSA) is 91.5 Å². The van der Waals surface area contributed by atoms with Gasteiger partial charge in [-0.3, -0.25) is 14.5 Å². The lowest BCUT2D eigenvalue weighted by Gasteiger charge is -2.44. The zero-order chi connectivity index (χ0) is 27.9. The standard InChI is InChI=1S/C31H35N5O3/c1-6-34(7-2)21-14-16-25-27(18-21)39-28-19-22(35(8-3)9-4)15-17-26(28)31(25)24-13-11-10-12-23(24)29(38)36(31)30(32)33-20(5)37/h10-19H,6-9H2,1-5H3,(H2,32,33,37). The normalized spacial score (nSPS) is 14.9. The number of hydrogen-bond acceptors (Lipinski definition) is 5. The van der Waals surface area contributed by atoms with Gasteiger partial charge in [-0.2, -0.15) is 4.99 Å². The van der Waals surface area contributed by atoms with Crippen LogP contribution in [0.3, 0.4) is 0 Å². The van der Waals surface area contributed by atoms with E-state index in [0.717, 1.165) is 54.2 Å². The molecule has 8 nitrogen and oxygen atoms in total. The van der Waals surface area contributed by atoms with Crippen molar-refractivity contribution in [3.8, 4) is 11.5 Å². The molecular formula is C31H35N5O3. The number of carbonyl (C=O) groups is 2. The van der Waals surface area contributed by atoms with Gasteiger partial charge in [0.1, 0.15) is 17.0 Å². The maximum Gasteiger partial charge on any atom is 0.262 e. The number of aliphatic imine (C=N–C) groups is 1. The summed E-state index contributed by atoms with van der Waals surface area (Å²) in [6.07, 6.45) is 0. The fourth-order valence-electron chi connectivity index (χ4n) is 6.02. The highest BCUT2D eigenvalue weighted by molar-refractivity contribution is 6.13. The molecule has 2 amide bonds. The molecule has 2 aliphatic rings. The van der Waals surface area contributed by atoms with Crippen LogP contribution in [0.1, 0.15) is 61.7 Å². The lowest BCUT2D eigenvalue weighted by atomic mass is 9.74. The van der Waals surface area contributed by atoms with E-state index < -0.39 is 11.4 Å². The Morgan fingerprint density at radius 2 is 1.36 bits per heavy atom. The Bertz CT molecular complexity index is 1410. The molecule has 3 aromatic rings. The van der Waals surface area contributed by atoms with Gasteiger partial charge in [0.25, 0.3) is 5.91 Å². The van der Waals surface area contributed by atoms with Crippen molar-refractivity contribution in [2.24, 2.45) is 10.7 Å². The maximum absolute atomic E-state index is 14.0. The molecule has 0 saturated carbocycles. The average molecular weight is 526 g/mol. The van der Waals surface area contributed by atoms with Gasteiger partial charge in [-0.05, 0) is 45.9 Å². The second kappa shape index (κ2) is 10.1. The molecule has 39 heavy (non-hydrogen) atoms. The number of nitrogens with zero attached hydrogens (tertiary/aromatic N) is 4. The van der Waals surface area contributed by atoms with Crippen molar-refractivity contribution < 1.29 is 14.3 Å². The van der Waals surface area contributed by atoms with Gasteiger partial charge in [0.05, 0.1) is 0 Å². The van der Waals surface area contributed by atoms with Crippen LogP contribution in [-0.2, 0) is 10.3 Å². The van der Waals surface area contributed by atoms with Crippen molar-refractivity contribution >= 4 is 29.1 Å². The quantitative estimate of drug-likeness (QED) is 0.356. The van der Waals surface area contributed by atoms with Gasteiger partial charge < -0.3 is 20.3 Å². The lowest BCUT2D eigenvalue weighted by Crippen LogP contribution is -2.53. The van der Waals surface area contributed by atoms with Crippen molar-refractivity contribution in [3.05, 3.63) is 82.9 Å². The van der Waals surface area contributed by atoms with Crippen LogP contribution in [-0.4, -0.2) is 48.9 Å². The number of fused-ring (bicyclic) bond motifs is 6. The summed E-state index contributed by atoms with van der Waals surface area (Å²) in [6, 6.07) is 19.7. The number of guanidine groups is 1. The van der Waals surface area contributed by atoms with E-state index in [2.05, 4.69) is 42.5 Å². The predicted molar refractivity (Wildman–Crippen MR) is 155 cm³/mol. The molecule has 5 rings (SSSR count). The third-order valence-corrected chi connectivity index (χ3v) is 7.77. The molecule has 0 radical (unpaired) electrons. The zero-order valence-corrected chi connectivity index (χ0v) is 23.2. The molecular weight excluding hydrogens is 490 g/mol. The summed E-state index contributed by atoms with van der Waals surface area (Å²) in [5.74, 6) is 0.325. The SMILES string of the molecule is CCN(CC)c1ccc2c(c1)Oc1cc(N(CC)CC)ccc1C21c2ccccc2C(=O)N1C(N)=NC(C)=O. The number of hydrogen-bond donors (Lipinski definition) is 1. The van der Waals surface area contributed by atoms with Crippen LogP contribution in [0.4, 0.5) is 11.4 Å². The van der Waals surface area contributed by atoms with Crippen LogP contribution >= 0.6 is 0 Å². The molecule has 0 bridgehead atoms. The summed E-state index contributed by atoms with van der Waals surface area (Å²) >= 11 is 0. The Kier molecular flexibility index (Phi) is 6.80. The van der Waals surface area contributed by atoms with E-state index in [4.69, 9.17) is 10.5 Å². The van der Waals surface area contributed by atoms with Gasteiger partial charge in [0, 0.05) is 78.9 Å². The summed E-state index contributed by atoms with van der Waals surface area (Å²) in [4.78, 5) is 36.1. The van der Waals surface area contributed by atoms with Crippen LogP contribution in [0.2, 0.25) is 0 Å². The molecule has 2 N–H and O–H groups in total. The van der Waals surface area contributed by atoms with Crippen molar-refractivity contribution in [1.29, 1.82) is 0 Å². The smallest absolute Gasteiger partial charge is 0.262 e. The Morgan fingerprint density at radius 1 is 0.846 bits per heavy atom. The van der Waals surface area contributed by atoms with Crippen molar-refractivity contribution in [3.63, 3.8) is 0 Å². The average Bonchev–Trinajstić information content (AvgIpc) is 3.18. The molecule has 0 atom stereocenters. The van der Waals surface area contributed by atoms with Gasteiger partial charge in [0.2, 0.25) is 11.9 Å². The zero-order valence-electron chi connectivity index (χ0n) is 23.2. The van der Waals surface area contributed by atoms with Crippen molar-refractivity contribution in [1.82, 2.24) is 4.90 Å². The van der Waals surface area contributed by atoms with Gasteiger partial charge in [-0.25, -0.2) is 0 Å². The van der Waals surface area contributed by atoms with Crippen LogP contribution in [0.25, 0.3) is 0 Å². The van der Waals surface area contributed by atoms with Gasteiger partial charge in [-0.15, -0.1) is 0 Å². The Balaban J connectivity index is 1.88. The minimum Gasteiger partial charge on any atom is -0.456 e. The van der Waals surface area contributed by atoms with E-state index in [-0.39, 0.29) is 11.9 Å². The first-order chi connectivity index (χ1) is 18.8. The number of ether oxygens (including phenoxy) is 1.